The number of pyridine rings is 1. The fourth-order valence-electron chi connectivity index (χ4n) is 4.22. The number of likely N-dealkylation sites (N-methyl/N-ethyl adjacent to an activating group) is 1. The van der Waals surface area contributed by atoms with Crippen LogP contribution in [0, 0.1) is 5.41 Å². The zero-order chi connectivity index (χ0) is 18.9. The second-order valence-corrected chi connectivity index (χ2v) is 7.67. The van der Waals surface area contributed by atoms with Crippen LogP contribution in [0.1, 0.15) is 17.2 Å². The van der Waals surface area contributed by atoms with Crippen molar-refractivity contribution in [3.05, 3.63) is 59.9 Å². The Morgan fingerprint density at radius 2 is 2.15 bits per heavy atom. The lowest BCUT2D eigenvalue weighted by Crippen LogP contribution is -2.43. The Bertz CT molecular complexity index is 813. The molecule has 0 saturated carbocycles. The molecule has 0 spiro atoms. The second-order valence-electron chi connectivity index (χ2n) is 7.67. The number of nitrogens with zero attached hydrogens (tertiary/aromatic N) is 3. The largest absolute Gasteiger partial charge is 0.493 e. The normalized spacial score (nSPS) is 23.7. The third-order valence-corrected chi connectivity index (χ3v) is 5.69. The van der Waals surface area contributed by atoms with Crippen molar-refractivity contribution in [1.82, 2.24) is 14.8 Å². The lowest BCUT2D eigenvalue weighted by molar-refractivity contribution is -0.131. The summed E-state index contributed by atoms with van der Waals surface area (Å²) >= 11 is 0. The van der Waals surface area contributed by atoms with Gasteiger partial charge in [-0.05, 0) is 30.8 Å². The SMILES string of the molecule is CN(CC(=O)N1C[C@H]2c3ccccc3OC[C@@]2(CO)C1)Cc1ccccn1. The molecule has 0 unspecified atom stereocenters. The van der Waals surface area contributed by atoms with E-state index in [2.05, 4.69) is 4.98 Å². The van der Waals surface area contributed by atoms with E-state index in [9.17, 15) is 9.90 Å². The number of amides is 1. The zero-order valence-corrected chi connectivity index (χ0v) is 15.5. The van der Waals surface area contributed by atoms with Crippen molar-refractivity contribution in [1.29, 1.82) is 0 Å². The maximum Gasteiger partial charge on any atom is 0.236 e. The molecule has 1 amide bonds. The highest BCUT2D eigenvalue weighted by Crippen LogP contribution is 2.49. The van der Waals surface area contributed by atoms with Crippen LogP contribution in [-0.4, -0.2) is 65.7 Å². The first kappa shape index (κ1) is 17.9. The molecule has 3 heterocycles. The number of benzene rings is 1. The Morgan fingerprint density at radius 1 is 1.33 bits per heavy atom. The van der Waals surface area contributed by atoms with Gasteiger partial charge in [0.1, 0.15) is 5.75 Å². The summed E-state index contributed by atoms with van der Waals surface area (Å²) in [6.45, 7) is 2.56. The van der Waals surface area contributed by atoms with Gasteiger partial charge in [-0.1, -0.05) is 24.3 Å². The molecule has 1 fully saturated rings. The fourth-order valence-corrected chi connectivity index (χ4v) is 4.22. The van der Waals surface area contributed by atoms with E-state index in [1.54, 1.807) is 6.20 Å². The number of aliphatic hydroxyl groups is 1. The van der Waals surface area contributed by atoms with Crippen LogP contribution < -0.4 is 4.74 Å². The highest BCUT2D eigenvalue weighted by atomic mass is 16.5. The number of para-hydroxylation sites is 1. The topological polar surface area (TPSA) is 65.9 Å². The lowest BCUT2D eigenvalue weighted by Gasteiger charge is -2.37. The van der Waals surface area contributed by atoms with E-state index in [0.717, 1.165) is 17.0 Å². The van der Waals surface area contributed by atoms with Crippen molar-refractivity contribution in [3.63, 3.8) is 0 Å². The highest BCUT2D eigenvalue weighted by molar-refractivity contribution is 5.79. The monoisotopic (exact) mass is 367 g/mol. The van der Waals surface area contributed by atoms with Gasteiger partial charge in [0.15, 0.2) is 0 Å². The van der Waals surface area contributed by atoms with Crippen LogP contribution in [-0.2, 0) is 11.3 Å². The molecule has 2 aromatic rings. The summed E-state index contributed by atoms with van der Waals surface area (Å²) in [6.07, 6.45) is 1.76. The van der Waals surface area contributed by atoms with Gasteiger partial charge in [0.05, 0.1) is 30.9 Å². The third kappa shape index (κ3) is 3.42. The molecule has 142 valence electrons. The molecule has 2 aliphatic heterocycles. The highest BCUT2D eigenvalue weighted by Gasteiger charge is 2.51. The summed E-state index contributed by atoms with van der Waals surface area (Å²) in [7, 11) is 1.93. The summed E-state index contributed by atoms with van der Waals surface area (Å²) in [4.78, 5) is 21.1. The first-order valence-corrected chi connectivity index (χ1v) is 9.30. The summed E-state index contributed by atoms with van der Waals surface area (Å²) in [6, 6.07) is 13.7. The van der Waals surface area contributed by atoms with E-state index in [4.69, 9.17) is 4.74 Å². The van der Waals surface area contributed by atoms with Crippen LogP contribution in [0.15, 0.2) is 48.7 Å². The van der Waals surface area contributed by atoms with Crippen molar-refractivity contribution in [3.8, 4) is 5.75 Å². The van der Waals surface area contributed by atoms with Crippen molar-refractivity contribution in [2.45, 2.75) is 12.5 Å². The number of rotatable bonds is 5. The quantitative estimate of drug-likeness (QED) is 0.868. The van der Waals surface area contributed by atoms with E-state index >= 15 is 0 Å². The fraction of sp³-hybridized carbons (Fsp3) is 0.429. The van der Waals surface area contributed by atoms with Crippen LogP contribution in [0.3, 0.4) is 0 Å². The minimum Gasteiger partial charge on any atom is -0.493 e. The molecule has 0 aliphatic carbocycles. The molecule has 1 saturated heterocycles. The number of carbonyl (C=O) groups excluding carboxylic acids is 1. The third-order valence-electron chi connectivity index (χ3n) is 5.69. The maximum absolute atomic E-state index is 12.9. The van der Waals surface area contributed by atoms with Crippen molar-refractivity contribution in [2.75, 3.05) is 39.9 Å². The standard InChI is InChI=1S/C21H25N3O3/c1-23(10-16-6-4-5-9-22-16)12-20(26)24-11-18-17-7-2-3-8-19(17)27-15-21(18,13-24)14-25/h2-9,18,25H,10-15H2,1H3/t18-,21-/m0/s1. The van der Waals surface area contributed by atoms with E-state index in [1.807, 2.05) is 59.3 Å². The molecule has 1 aromatic heterocycles. The summed E-state index contributed by atoms with van der Waals surface area (Å²) < 4.78 is 5.90. The van der Waals surface area contributed by atoms with Gasteiger partial charge in [0, 0.05) is 31.7 Å². The smallest absolute Gasteiger partial charge is 0.236 e. The van der Waals surface area contributed by atoms with Gasteiger partial charge in [-0.2, -0.15) is 0 Å². The molecule has 4 rings (SSSR count). The number of aromatic nitrogens is 1. The van der Waals surface area contributed by atoms with Crippen LogP contribution in [0.4, 0.5) is 0 Å². The molecule has 6 nitrogen and oxygen atoms in total. The molecular weight excluding hydrogens is 342 g/mol. The minimum absolute atomic E-state index is 0.0134. The Balaban J connectivity index is 1.45. The average molecular weight is 367 g/mol. The summed E-state index contributed by atoms with van der Waals surface area (Å²) in [5.41, 5.74) is 1.62. The van der Waals surface area contributed by atoms with Gasteiger partial charge in [-0.3, -0.25) is 14.7 Å². The van der Waals surface area contributed by atoms with Gasteiger partial charge in [0.25, 0.3) is 0 Å². The second kappa shape index (κ2) is 7.29. The first-order chi connectivity index (χ1) is 13.1. The zero-order valence-electron chi connectivity index (χ0n) is 15.5. The molecule has 2 aliphatic rings. The number of hydrogen-bond acceptors (Lipinski definition) is 5. The summed E-state index contributed by atoms with van der Waals surface area (Å²) in [5, 5.41) is 10.1. The molecule has 1 aromatic carbocycles. The first-order valence-electron chi connectivity index (χ1n) is 9.30. The van der Waals surface area contributed by atoms with Gasteiger partial charge in [-0.25, -0.2) is 0 Å². The van der Waals surface area contributed by atoms with Crippen molar-refractivity contribution < 1.29 is 14.6 Å². The van der Waals surface area contributed by atoms with Crippen LogP contribution in [0.2, 0.25) is 0 Å². The van der Waals surface area contributed by atoms with Gasteiger partial charge < -0.3 is 14.7 Å². The van der Waals surface area contributed by atoms with Crippen molar-refractivity contribution in [2.24, 2.45) is 5.41 Å². The van der Waals surface area contributed by atoms with Gasteiger partial charge in [-0.15, -0.1) is 0 Å². The number of carbonyl (C=O) groups is 1. The molecule has 27 heavy (non-hydrogen) atoms. The van der Waals surface area contributed by atoms with Crippen molar-refractivity contribution >= 4 is 5.91 Å². The van der Waals surface area contributed by atoms with E-state index in [1.165, 1.54) is 0 Å². The number of fused-ring (bicyclic) bond motifs is 3. The maximum atomic E-state index is 12.9. The minimum atomic E-state index is -0.413. The molecule has 6 heteroatoms. The molecular formula is C21H25N3O3. The number of ether oxygens (including phenoxy) is 1. The van der Waals surface area contributed by atoms with E-state index < -0.39 is 5.41 Å². The van der Waals surface area contributed by atoms with E-state index in [0.29, 0.717) is 32.8 Å². The predicted octanol–water partition coefficient (Wildman–Crippen LogP) is 1.51. The Kier molecular flexibility index (Phi) is 4.85. The summed E-state index contributed by atoms with van der Waals surface area (Å²) in [5.74, 6) is 1.05. The lowest BCUT2D eigenvalue weighted by atomic mass is 9.74. The molecule has 0 bridgehead atoms. The van der Waals surface area contributed by atoms with Crippen LogP contribution in [0.5, 0.6) is 5.75 Å². The Labute approximate surface area is 159 Å². The van der Waals surface area contributed by atoms with Gasteiger partial charge >= 0.3 is 0 Å². The predicted molar refractivity (Wildman–Crippen MR) is 101 cm³/mol. The molecule has 2 atom stereocenters. The Hall–Kier alpha value is -2.44. The number of hydrogen-bond donors (Lipinski definition) is 1. The molecule has 0 radical (unpaired) electrons. The van der Waals surface area contributed by atoms with E-state index in [-0.39, 0.29) is 18.4 Å². The Morgan fingerprint density at radius 3 is 2.93 bits per heavy atom. The molecule has 1 N–H and O–H groups in total. The van der Waals surface area contributed by atoms with Crippen LogP contribution >= 0.6 is 0 Å². The van der Waals surface area contributed by atoms with Crippen LogP contribution in [0.25, 0.3) is 0 Å². The number of likely N-dealkylation sites (tertiary alicyclic amines) is 1. The average Bonchev–Trinajstić information content (AvgIpc) is 3.10. The van der Waals surface area contributed by atoms with Gasteiger partial charge in [0.2, 0.25) is 5.91 Å². The number of aliphatic hydroxyl groups excluding tert-OH is 1.